The lowest BCUT2D eigenvalue weighted by atomic mass is 9.99. The lowest BCUT2D eigenvalue weighted by Crippen LogP contribution is -2.47. The molecule has 0 bridgehead atoms. The summed E-state index contributed by atoms with van der Waals surface area (Å²) in [5.41, 5.74) is 6.35. The van der Waals surface area contributed by atoms with Crippen molar-refractivity contribution in [1.82, 2.24) is 4.90 Å². The molecule has 1 aromatic rings. The first-order chi connectivity index (χ1) is 8.76. The van der Waals surface area contributed by atoms with Crippen molar-refractivity contribution in [2.75, 3.05) is 20.2 Å². The normalized spacial score (nSPS) is 24.9. The third-order valence-electron chi connectivity index (χ3n) is 3.85. The highest BCUT2D eigenvalue weighted by molar-refractivity contribution is 7.10. The molecular weight excluding hydrogens is 244 g/mol. The minimum absolute atomic E-state index is 0.208. The Balaban J connectivity index is 2.13. The number of hydrogen-bond acceptors (Lipinski definition) is 4. The highest BCUT2D eigenvalue weighted by Crippen LogP contribution is 2.31. The van der Waals surface area contributed by atoms with Gasteiger partial charge in [-0.25, -0.2) is 0 Å². The van der Waals surface area contributed by atoms with Gasteiger partial charge in [0, 0.05) is 24.6 Å². The molecule has 3 nitrogen and oxygen atoms in total. The van der Waals surface area contributed by atoms with Crippen LogP contribution >= 0.6 is 11.3 Å². The maximum absolute atomic E-state index is 6.35. The van der Waals surface area contributed by atoms with Crippen molar-refractivity contribution in [3.63, 3.8) is 0 Å². The van der Waals surface area contributed by atoms with E-state index in [1.165, 1.54) is 17.7 Å². The zero-order valence-electron chi connectivity index (χ0n) is 11.3. The molecule has 0 saturated carbocycles. The number of rotatable bonds is 5. The van der Waals surface area contributed by atoms with Gasteiger partial charge in [0.1, 0.15) is 0 Å². The van der Waals surface area contributed by atoms with E-state index in [1.54, 1.807) is 0 Å². The van der Waals surface area contributed by atoms with E-state index in [4.69, 9.17) is 10.5 Å². The first kappa shape index (κ1) is 14.0. The number of methoxy groups -OCH3 is 1. The van der Waals surface area contributed by atoms with Crippen molar-refractivity contribution < 1.29 is 4.74 Å². The topological polar surface area (TPSA) is 38.5 Å². The molecular formula is C14H24N2OS. The maximum Gasteiger partial charge on any atom is 0.0698 e. The summed E-state index contributed by atoms with van der Waals surface area (Å²) in [5, 5.41) is 2.14. The van der Waals surface area contributed by atoms with E-state index in [-0.39, 0.29) is 6.04 Å². The quantitative estimate of drug-likeness (QED) is 0.892. The van der Waals surface area contributed by atoms with Crippen LogP contribution in [0.2, 0.25) is 0 Å². The van der Waals surface area contributed by atoms with Gasteiger partial charge in [-0.1, -0.05) is 13.0 Å². The van der Waals surface area contributed by atoms with Gasteiger partial charge in [-0.05, 0) is 37.3 Å². The molecule has 1 fully saturated rings. The lowest BCUT2D eigenvalue weighted by molar-refractivity contribution is 0.00968. The summed E-state index contributed by atoms with van der Waals surface area (Å²) in [6.07, 6.45) is 3.75. The van der Waals surface area contributed by atoms with E-state index in [0.717, 1.165) is 19.5 Å². The monoisotopic (exact) mass is 268 g/mol. The molecule has 0 radical (unpaired) electrons. The summed E-state index contributed by atoms with van der Waals surface area (Å²) in [4.78, 5) is 3.90. The van der Waals surface area contributed by atoms with Crippen LogP contribution in [0.15, 0.2) is 17.5 Å². The average Bonchev–Trinajstić information content (AvgIpc) is 2.93. The number of likely N-dealkylation sites (tertiary alicyclic amines) is 1. The predicted octanol–water partition coefficient (Wildman–Crippen LogP) is 2.64. The van der Waals surface area contributed by atoms with Gasteiger partial charge in [0.05, 0.1) is 12.1 Å². The van der Waals surface area contributed by atoms with Crippen molar-refractivity contribution in [2.24, 2.45) is 5.73 Å². The second kappa shape index (κ2) is 6.66. The molecule has 3 unspecified atom stereocenters. The van der Waals surface area contributed by atoms with E-state index >= 15 is 0 Å². The summed E-state index contributed by atoms with van der Waals surface area (Å²) in [5.74, 6) is 0. The second-order valence-corrected chi connectivity index (χ2v) is 6.01. The predicted molar refractivity (Wildman–Crippen MR) is 76.9 cm³/mol. The zero-order valence-corrected chi connectivity index (χ0v) is 12.2. The van der Waals surface area contributed by atoms with E-state index in [2.05, 4.69) is 29.3 Å². The fourth-order valence-corrected chi connectivity index (χ4v) is 3.69. The molecule has 3 atom stereocenters. The Morgan fingerprint density at radius 1 is 1.61 bits per heavy atom. The first-order valence-corrected chi connectivity index (χ1v) is 7.70. The van der Waals surface area contributed by atoms with Gasteiger partial charge >= 0.3 is 0 Å². The number of piperidine rings is 1. The molecule has 2 N–H and O–H groups in total. The zero-order chi connectivity index (χ0) is 13.0. The van der Waals surface area contributed by atoms with Gasteiger partial charge < -0.3 is 10.5 Å². The molecule has 0 spiro atoms. The molecule has 1 aliphatic rings. The molecule has 2 heterocycles. The Hall–Kier alpha value is -0.420. The number of hydrogen-bond donors (Lipinski definition) is 1. The Kier molecular flexibility index (Phi) is 5.18. The van der Waals surface area contributed by atoms with Crippen LogP contribution in [0, 0.1) is 0 Å². The molecule has 18 heavy (non-hydrogen) atoms. The fraction of sp³-hybridized carbons (Fsp3) is 0.714. The van der Waals surface area contributed by atoms with E-state index in [9.17, 15) is 0 Å². The smallest absolute Gasteiger partial charge is 0.0698 e. The number of nitrogens with zero attached hydrogens (tertiary/aromatic N) is 1. The van der Waals surface area contributed by atoms with Crippen molar-refractivity contribution in [3.8, 4) is 0 Å². The molecule has 0 aromatic carbocycles. The number of ether oxygens (including phenoxy) is 1. The van der Waals surface area contributed by atoms with Crippen molar-refractivity contribution >= 4 is 11.3 Å². The third-order valence-corrected chi connectivity index (χ3v) is 4.79. The van der Waals surface area contributed by atoms with Gasteiger partial charge in [-0.2, -0.15) is 0 Å². The Morgan fingerprint density at radius 3 is 3.06 bits per heavy atom. The lowest BCUT2D eigenvalue weighted by Gasteiger charge is -2.39. The van der Waals surface area contributed by atoms with Crippen molar-refractivity contribution in [2.45, 2.75) is 44.4 Å². The van der Waals surface area contributed by atoms with Gasteiger partial charge in [-0.3, -0.25) is 4.90 Å². The Bertz CT molecular complexity index is 342. The van der Waals surface area contributed by atoms with Crippen molar-refractivity contribution in [3.05, 3.63) is 22.4 Å². The molecule has 0 amide bonds. The largest absolute Gasteiger partial charge is 0.380 e. The van der Waals surface area contributed by atoms with Crippen LogP contribution in [0.1, 0.15) is 37.1 Å². The summed E-state index contributed by atoms with van der Waals surface area (Å²) in [7, 11) is 1.81. The molecule has 1 aromatic heterocycles. The average molecular weight is 268 g/mol. The van der Waals surface area contributed by atoms with Crippen LogP contribution in [-0.4, -0.2) is 37.2 Å². The highest BCUT2D eigenvalue weighted by atomic mass is 32.1. The second-order valence-electron chi connectivity index (χ2n) is 5.03. The van der Waals surface area contributed by atoms with Crippen LogP contribution in [0.5, 0.6) is 0 Å². The molecule has 0 aliphatic carbocycles. The summed E-state index contributed by atoms with van der Waals surface area (Å²) < 4.78 is 5.52. The van der Waals surface area contributed by atoms with E-state index in [0.29, 0.717) is 12.1 Å². The van der Waals surface area contributed by atoms with Gasteiger partial charge in [0.2, 0.25) is 0 Å². The Morgan fingerprint density at radius 2 is 2.44 bits per heavy atom. The van der Waals surface area contributed by atoms with Crippen molar-refractivity contribution in [1.29, 1.82) is 0 Å². The van der Waals surface area contributed by atoms with Crippen LogP contribution < -0.4 is 5.73 Å². The van der Waals surface area contributed by atoms with E-state index in [1.807, 2.05) is 18.4 Å². The molecule has 1 saturated heterocycles. The van der Waals surface area contributed by atoms with Crippen LogP contribution in [0.25, 0.3) is 0 Å². The van der Waals surface area contributed by atoms with Gasteiger partial charge in [0.15, 0.2) is 0 Å². The molecule has 1 aliphatic heterocycles. The molecule has 4 heteroatoms. The standard InChI is InChI=1S/C14H24N2OS/c1-3-12(15)14(13-7-5-9-18-13)16-8-4-6-11(10-16)17-2/h5,7,9,11-12,14H,3-4,6,8,10,15H2,1-2H3. The van der Waals surface area contributed by atoms with Crippen LogP contribution in [0.3, 0.4) is 0 Å². The maximum atomic E-state index is 6.35. The minimum atomic E-state index is 0.208. The minimum Gasteiger partial charge on any atom is -0.380 e. The highest BCUT2D eigenvalue weighted by Gasteiger charge is 2.30. The van der Waals surface area contributed by atoms with Gasteiger partial charge in [0.25, 0.3) is 0 Å². The van der Waals surface area contributed by atoms with E-state index < -0.39 is 0 Å². The third kappa shape index (κ3) is 3.12. The van der Waals surface area contributed by atoms with Gasteiger partial charge in [-0.15, -0.1) is 11.3 Å². The molecule has 2 rings (SSSR count). The fourth-order valence-electron chi connectivity index (χ4n) is 2.76. The van der Waals surface area contributed by atoms with Crippen LogP contribution in [0.4, 0.5) is 0 Å². The Labute approximate surface area is 114 Å². The molecule has 102 valence electrons. The number of thiophene rings is 1. The summed E-state index contributed by atoms with van der Waals surface area (Å²) >= 11 is 1.81. The SMILES string of the molecule is CCC(N)C(c1cccs1)N1CCCC(OC)C1. The summed E-state index contributed by atoms with van der Waals surface area (Å²) in [6.45, 7) is 4.31. The summed E-state index contributed by atoms with van der Waals surface area (Å²) in [6, 6.07) is 4.89. The van der Waals surface area contributed by atoms with Crippen LogP contribution in [-0.2, 0) is 4.74 Å². The number of nitrogens with two attached hydrogens (primary N) is 1. The first-order valence-electron chi connectivity index (χ1n) is 6.82.